The first-order chi connectivity index (χ1) is 12.0. The predicted molar refractivity (Wildman–Crippen MR) is 101 cm³/mol. The molecule has 3 rings (SSSR count). The van der Waals surface area contributed by atoms with Crippen molar-refractivity contribution in [3.63, 3.8) is 0 Å². The first-order valence-electron chi connectivity index (χ1n) is 7.85. The van der Waals surface area contributed by atoms with Gasteiger partial charge in [0.05, 0.1) is 23.4 Å². The van der Waals surface area contributed by atoms with Gasteiger partial charge in [-0.25, -0.2) is 4.98 Å². The molecule has 25 heavy (non-hydrogen) atoms. The first kappa shape index (κ1) is 17.1. The smallest absolute Gasteiger partial charge is 0.257 e. The van der Waals surface area contributed by atoms with Gasteiger partial charge in [-0.15, -0.1) is 0 Å². The van der Waals surface area contributed by atoms with Crippen molar-refractivity contribution in [1.82, 2.24) is 9.97 Å². The van der Waals surface area contributed by atoms with Crippen LogP contribution < -0.4 is 10.1 Å². The third-order valence-corrected chi connectivity index (χ3v) is 4.99. The number of aryl methyl sites for hydroxylation is 2. The van der Waals surface area contributed by atoms with E-state index in [2.05, 4.69) is 15.3 Å². The van der Waals surface area contributed by atoms with E-state index in [9.17, 15) is 4.79 Å². The number of ether oxygens (including phenoxy) is 1. The Hall–Kier alpha value is -2.73. The van der Waals surface area contributed by atoms with Gasteiger partial charge >= 0.3 is 0 Å². The molecular formula is C19H19N3O2S. The summed E-state index contributed by atoms with van der Waals surface area (Å²) < 4.78 is 5.48. The first-order valence-corrected chi connectivity index (χ1v) is 8.67. The highest BCUT2D eigenvalue weighted by molar-refractivity contribution is 7.19. The van der Waals surface area contributed by atoms with Crippen molar-refractivity contribution in [2.24, 2.45) is 0 Å². The molecule has 0 spiro atoms. The standard InChI is InChI=1S/C19H19N3O2S/c1-11-10-20-15(12(2)16(11)24-4)17-13(3)21-19(25-17)22-18(23)14-8-6-5-7-9-14/h5-10H,1-4H3,(H,21,22,23). The quantitative estimate of drug-likeness (QED) is 0.755. The Morgan fingerprint density at radius 2 is 1.88 bits per heavy atom. The second-order valence-electron chi connectivity index (χ2n) is 5.70. The summed E-state index contributed by atoms with van der Waals surface area (Å²) in [5.41, 5.74) is 4.22. The zero-order chi connectivity index (χ0) is 18.0. The van der Waals surface area contributed by atoms with Crippen molar-refractivity contribution >= 4 is 22.4 Å². The highest BCUT2D eigenvalue weighted by Crippen LogP contribution is 2.37. The minimum Gasteiger partial charge on any atom is -0.496 e. The number of hydrogen-bond acceptors (Lipinski definition) is 5. The van der Waals surface area contributed by atoms with Gasteiger partial charge in [-0.3, -0.25) is 15.1 Å². The van der Waals surface area contributed by atoms with E-state index in [1.807, 2.05) is 39.0 Å². The van der Waals surface area contributed by atoms with E-state index in [1.54, 1.807) is 25.4 Å². The monoisotopic (exact) mass is 353 g/mol. The lowest BCUT2D eigenvalue weighted by molar-refractivity contribution is 0.102. The fraction of sp³-hybridized carbons (Fsp3) is 0.211. The predicted octanol–water partition coefficient (Wildman–Crippen LogP) is 4.39. The Kier molecular flexibility index (Phi) is 4.81. The van der Waals surface area contributed by atoms with Gasteiger partial charge in [0.1, 0.15) is 5.75 Å². The molecule has 2 aromatic heterocycles. The van der Waals surface area contributed by atoms with Gasteiger partial charge in [-0.05, 0) is 32.9 Å². The second kappa shape index (κ2) is 7.03. The van der Waals surface area contributed by atoms with Gasteiger partial charge in [-0.2, -0.15) is 0 Å². The van der Waals surface area contributed by atoms with Crippen molar-refractivity contribution in [2.75, 3.05) is 12.4 Å². The lowest BCUT2D eigenvalue weighted by Crippen LogP contribution is -2.11. The molecule has 0 radical (unpaired) electrons. The van der Waals surface area contributed by atoms with E-state index in [1.165, 1.54) is 11.3 Å². The van der Waals surface area contributed by atoms with Crippen LogP contribution in [0.2, 0.25) is 0 Å². The molecule has 3 aromatic rings. The number of rotatable bonds is 4. The van der Waals surface area contributed by atoms with Crippen molar-refractivity contribution in [3.8, 4) is 16.3 Å². The molecule has 0 aliphatic carbocycles. The molecule has 5 nitrogen and oxygen atoms in total. The van der Waals surface area contributed by atoms with Crippen LogP contribution in [-0.2, 0) is 0 Å². The number of nitrogens with one attached hydrogen (secondary N) is 1. The maximum absolute atomic E-state index is 12.3. The van der Waals surface area contributed by atoms with E-state index in [0.717, 1.165) is 33.1 Å². The van der Waals surface area contributed by atoms with Crippen LogP contribution in [0.3, 0.4) is 0 Å². The van der Waals surface area contributed by atoms with Crippen LogP contribution in [0, 0.1) is 20.8 Å². The number of thiazole rings is 1. The van der Waals surface area contributed by atoms with E-state index < -0.39 is 0 Å². The minimum atomic E-state index is -0.174. The van der Waals surface area contributed by atoms with Crippen LogP contribution in [0.5, 0.6) is 5.75 Å². The summed E-state index contributed by atoms with van der Waals surface area (Å²) in [5.74, 6) is 0.653. The number of pyridine rings is 1. The summed E-state index contributed by atoms with van der Waals surface area (Å²) in [4.78, 5) is 22.3. The van der Waals surface area contributed by atoms with E-state index >= 15 is 0 Å². The van der Waals surface area contributed by atoms with E-state index in [0.29, 0.717) is 10.7 Å². The average molecular weight is 353 g/mol. The van der Waals surface area contributed by atoms with Gasteiger partial charge < -0.3 is 4.74 Å². The van der Waals surface area contributed by atoms with Gasteiger partial charge in [0.2, 0.25) is 0 Å². The number of carbonyl (C=O) groups excluding carboxylic acids is 1. The maximum Gasteiger partial charge on any atom is 0.257 e. The lowest BCUT2D eigenvalue weighted by atomic mass is 10.1. The molecule has 0 aliphatic rings. The molecule has 0 atom stereocenters. The van der Waals surface area contributed by atoms with Crippen LogP contribution in [0.15, 0.2) is 36.5 Å². The summed E-state index contributed by atoms with van der Waals surface area (Å²) in [6.45, 7) is 5.86. The Labute approximate surface area is 150 Å². The molecule has 0 bridgehead atoms. The molecule has 1 N–H and O–H groups in total. The largest absolute Gasteiger partial charge is 0.496 e. The van der Waals surface area contributed by atoms with Gasteiger partial charge in [0.25, 0.3) is 5.91 Å². The van der Waals surface area contributed by atoms with Crippen molar-refractivity contribution in [2.45, 2.75) is 20.8 Å². The van der Waals surface area contributed by atoms with Crippen LogP contribution >= 0.6 is 11.3 Å². The van der Waals surface area contributed by atoms with Gasteiger partial charge in [0, 0.05) is 22.9 Å². The highest BCUT2D eigenvalue weighted by atomic mass is 32.1. The molecule has 1 aromatic carbocycles. The third-order valence-electron chi connectivity index (χ3n) is 3.91. The molecule has 0 unspecified atom stereocenters. The number of methoxy groups -OCH3 is 1. The number of carbonyl (C=O) groups is 1. The molecule has 0 fully saturated rings. The van der Waals surface area contributed by atoms with Crippen LogP contribution in [0.1, 0.15) is 27.2 Å². The van der Waals surface area contributed by atoms with Gasteiger partial charge in [-0.1, -0.05) is 29.5 Å². The Morgan fingerprint density at radius 1 is 1.16 bits per heavy atom. The van der Waals surface area contributed by atoms with Crippen molar-refractivity contribution in [3.05, 3.63) is 58.9 Å². The summed E-state index contributed by atoms with van der Waals surface area (Å²) in [6.07, 6.45) is 1.79. The Balaban J connectivity index is 1.92. The number of hydrogen-bond donors (Lipinski definition) is 1. The van der Waals surface area contributed by atoms with Gasteiger partial charge in [0.15, 0.2) is 5.13 Å². The topological polar surface area (TPSA) is 64.1 Å². The highest BCUT2D eigenvalue weighted by Gasteiger charge is 2.18. The zero-order valence-corrected chi connectivity index (χ0v) is 15.4. The average Bonchev–Trinajstić information content (AvgIpc) is 2.96. The number of anilines is 1. The number of nitrogens with zero attached hydrogens (tertiary/aromatic N) is 2. The maximum atomic E-state index is 12.3. The minimum absolute atomic E-state index is 0.174. The molecule has 1 amide bonds. The zero-order valence-electron chi connectivity index (χ0n) is 14.6. The normalized spacial score (nSPS) is 10.6. The third kappa shape index (κ3) is 3.39. The molecule has 0 saturated heterocycles. The lowest BCUT2D eigenvalue weighted by Gasteiger charge is -2.11. The summed E-state index contributed by atoms with van der Waals surface area (Å²) >= 11 is 1.41. The van der Waals surface area contributed by atoms with Crippen LogP contribution in [0.25, 0.3) is 10.6 Å². The van der Waals surface area contributed by atoms with Crippen molar-refractivity contribution in [1.29, 1.82) is 0 Å². The van der Waals surface area contributed by atoms with Crippen molar-refractivity contribution < 1.29 is 9.53 Å². The Morgan fingerprint density at radius 3 is 2.56 bits per heavy atom. The van der Waals surface area contributed by atoms with E-state index in [-0.39, 0.29) is 5.91 Å². The summed E-state index contributed by atoms with van der Waals surface area (Å²) in [6, 6.07) is 9.08. The summed E-state index contributed by atoms with van der Waals surface area (Å²) in [5, 5.41) is 3.42. The van der Waals surface area contributed by atoms with Crippen LogP contribution in [0.4, 0.5) is 5.13 Å². The Bertz CT molecular complexity index is 920. The SMILES string of the molecule is COc1c(C)cnc(-c2sc(NC(=O)c3ccccc3)nc2C)c1C. The molecule has 2 heterocycles. The molecule has 128 valence electrons. The number of aromatic nitrogens is 2. The number of benzene rings is 1. The molecule has 0 saturated carbocycles. The fourth-order valence-electron chi connectivity index (χ4n) is 2.69. The molecule has 6 heteroatoms. The van der Waals surface area contributed by atoms with E-state index in [4.69, 9.17) is 4.74 Å². The summed E-state index contributed by atoms with van der Waals surface area (Å²) in [7, 11) is 1.66. The number of amides is 1. The molecule has 0 aliphatic heterocycles. The van der Waals surface area contributed by atoms with Crippen LogP contribution in [-0.4, -0.2) is 23.0 Å². The fourth-order valence-corrected chi connectivity index (χ4v) is 3.71. The second-order valence-corrected chi connectivity index (χ2v) is 6.70. The molecular weight excluding hydrogens is 334 g/mol.